The topological polar surface area (TPSA) is 127 Å². The third kappa shape index (κ3) is 6.16. The van der Waals surface area contributed by atoms with Crippen LogP contribution in [0, 0.1) is 5.92 Å². The van der Waals surface area contributed by atoms with Crippen molar-refractivity contribution >= 4 is 17.9 Å². The quantitative estimate of drug-likeness (QED) is 0.475. The van der Waals surface area contributed by atoms with E-state index in [1.54, 1.807) is 4.68 Å². The molecule has 1 aromatic heterocycles. The molecule has 33 heavy (non-hydrogen) atoms. The Hall–Kier alpha value is -4.21. The summed E-state index contributed by atoms with van der Waals surface area (Å²) in [6, 6.07) is 17.7. The van der Waals surface area contributed by atoms with Crippen LogP contribution >= 0.6 is 0 Å². The number of nitrogens with one attached hydrogen (secondary N) is 3. The average molecular weight is 450 g/mol. The van der Waals surface area contributed by atoms with E-state index < -0.39 is 23.9 Å². The number of benzene rings is 2. The first-order valence-electron chi connectivity index (χ1n) is 10.4. The highest BCUT2D eigenvalue weighted by Crippen LogP contribution is 2.20. The predicted molar refractivity (Wildman–Crippen MR) is 121 cm³/mol. The van der Waals surface area contributed by atoms with Gasteiger partial charge in [0.1, 0.15) is 6.04 Å². The number of rotatable bonds is 7. The molecule has 0 saturated carbocycles. The van der Waals surface area contributed by atoms with Gasteiger partial charge in [0.2, 0.25) is 5.82 Å². The minimum absolute atomic E-state index is 0.116. The number of carbonyl (C=O) groups is 3. The third-order valence-electron chi connectivity index (χ3n) is 4.64. The van der Waals surface area contributed by atoms with Crippen LogP contribution < -0.4 is 16.2 Å². The van der Waals surface area contributed by atoms with Crippen molar-refractivity contribution in [3.8, 4) is 17.1 Å². The van der Waals surface area contributed by atoms with Gasteiger partial charge in [0.15, 0.2) is 5.82 Å². The number of para-hydroxylation sites is 1. The predicted octanol–water partition coefficient (Wildman–Crippen LogP) is 2.47. The van der Waals surface area contributed by atoms with Crippen molar-refractivity contribution in [2.45, 2.75) is 26.3 Å². The molecule has 0 aliphatic heterocycles. The number of hydrogen-bond donors (Lipinski definition) is 3. The van der Waals surface area contributed by atoms with Gasteiger partial charge in [-0.25, -0.2) is 14.5 Å². The Bertz CT molecular complexity index is 1040. The van der Waals surface area contributed by atoms with Crippen molar-refractivity contribution in [3.05, 3.63) is 66.5 Å². The van der Waals surface area contributed by atoms with Crippen molar-refractivity contribution < 1.29 is 19.1 Å². The second-order valence-corrected chi connectivity index (χ2v) is 7.63. The van der Waals surface area contributed by atoms with Gasteiger partial charge in [0, 0.05) is 5.56 Å². The van der Waals surface area contributed by atoms with E-state index >= 15 is 0 Å². The van der Waals surface area contributed by atoms with Crippen LogP contribution in [0.15, 0.2) is 60.7 Å². The van der Waals surface area contributed by atoms with E-state index in [2.05, 4.69) is 31.0 Å². The van der Waals surface area contributed by atoms with E-state index in [1.165, 1.54) is 7.11 Å². The van der Waals surface area contributed by atoms with E-state index in [-0.39, 0.29) is 11.7 Å². The Morgan fingerprint density at radius 1 is 0.970 bits per heavy atom. The van der Waals surface area contributed by atoms with Gasteiger partial charge >= 0.3 is 12.0 Å². The number of ether oxygens (including phenoxy) is 1. The Morgan fingerprint density at radius 2 is 1.61 bits per heavy atom. The Kier molecular flexibility index (Phi) is 7.74. The number of hydrogen-bond acceptors (Lipinski definition) is 6. The highest BCUT2D eigenvalue weighted by molar-refractivity contribution is 5.93. The standard InChI is InChI=1S/C23H26N6O4/c1-15(2)14-18(24-23(32)33-3)21(30)26-27-22(31)19-25-20(16-10-6-4-7-11-16)29(28-19)17-12-8-5-9-13-17/h4-13,15,18H,14H2,1-3H3,(H,24,32)(H,26,30)(H,27,31). The molecule has 0 spiro atoms. The highest BCUT2D eigenvalue weighted by atomic mass is 16.5. The first-order chi connectivity index (χ1) is 15.9. The minimum Gasteiger partial charge on any atom is -0.453 e. The number of methoxy groups -OCH3 is 1. The molecule has 1 unspecified atom stereocenters. The van der Waals surface area contributed by atoms with Crippen molar-refractivity contribution in [3.63, 3.8) is 0 Å². The lowest BCUT2D eigenvalue weighted by atomic mass is 10.0. The summed E-state index contributed by atoms with van der Waals surface area (Å²) in [4.78, 5) is 41.2. The summed E-state index contributed by atoms with van der Waals surface area (Å²) in [5.74, 6) is -0.822. The van der Waals surface area contributed by atoms with Gasteiger partial charge in [-0.2, -0.15) is 0 Å². The van der Waals surface area contributed by atoms with Crippen LogP contribution in [0.5, 0.6) is 0 Å². The van der Waals surface area contributed by atoms with Gasteiger partial charge in [-0.1, -0.05) is 62.4 Å². The summed E-state index contributed by atoms with van der Waals surface area (Å²) in [6.45, 7) is 3.81. The zero-order valence-corrected chi connectivity index (χ0v) is 18.6. The molecule has 0 radical (unpaired) electrons. The van der Waals surface area contributed by atoms with Gasteiger partial charge in [-0.15, -0.1) is 5.10 Å². The first-order valence-corrected chi connectivity index (χ1v) is 10.4. The van der Waals surface area contributed by atoms with E-state index in [0.717, 1.165) is 11.3 Å². The van der Waals surface area contributed by atoms with Crippen molar-refractivity contribution in [1.29, 1.82) is 0 Å². The van der Waals surface area contributed by atoms with Gasteiger partial charge in [-0.05, 0) is 24.5 Å². The molecule has 3 N–H and O–H groups in total. The molecule has 1 atom stereocenters. The second-order valence-electron chi connectivity index (χ2n) is 7.63. The highest BCUT2D eigenvalue weighted by Gasteiger charge is 2.24. The number of nitrogens with zero attached hydrogens (tertiary/aromatic N) is 3. The lowest BCUT2D eigenvalue weighted by Gasteiger charge is -2.19. The fraction of sp³-hybridized carbons (Fsp3) is 0.261. The van der Waals surface area contributed by atoms with Crippen LogP contribution in [0.4, 0.5) is 4.79 Å². The monoisotopic (exact) mass is 450 g/mol. The molecular formula is C23H26N6O4. The summed E-state index contributed by atoms with van der Waals surface area (Å²) in [6.07, 6.45) is -0.381. The maximum absolute atomic E-state index is 12.7. The first kappa shape index (κ1) is 23.5. The molecule has 0 fully saturated rings. The van der Waals surface area contributed by atoms with E-state index in [0.29, 0.717) is 12.2 Å². The van der Waals surface area contributed by atoms with Gasteiger partial charge < -0.3 is 10.1 Å². The molecule has 172 valence electrons. The molecule has 3 rings (SSSR count). The van der Waals surface area contributed by atoms with Crippen LogP contribution in [0.3, 0.4) is 0 Å². The van der Waals surface area contributed by atoms with Crippen molar-refractivity contribution in [2.24, 2.45) is 5.92 Å². The summed E-state index contributed by atoms with van der Waals surface area (Å²) in [5, 5.41) is 6.80. The Morgan fingerprint density at radius 3 is 2.21 bits per heavy atom. The minimum atomic E-state index is -0.882. The second kappa shape index (κ2) is 10.9. The molecule has 0 aliphatic carbocycles. The maximum atomic E-state index is 12.7. The van der Waals surface area contributed by atoms with Gasteiger partial charge in [0.05, 0.1) is 12.8 Å². The van der Waals surface area contributed by atoms with Crippen LogP contribution in [-0.2, 0) is 9.53 Å². The summed E-state index contributed by atoms with van der Waals surface area (Å²) < 4.78 is 6.13. The van der Waals surface area contributed by atoms with Crippen molar-refractivity contribution in [1.82, 2.24) is 30.9 Å². The molecule has 3 amide bonds. The Labute approximate surface area is 191 Å². The van der Waals surface area contributed by atoms with Gasteiger partial charge in [0.25, 0.3) is 5.91 Å². The maximum Gasteiger partial charge on any atom is 0.407 e. The lowest BCUT2D eigenvalue weighted by Crippen LogP contribution is -2.52. The van der Waals surface area contributed by atoms with Crippen LogP contribution in [0.2, 0.25) is 0 Å². The third-order valence-corrected chi connectivity index (χ3v) is 4.64. The van der Waals surface area contributed by atoms with E-state index in [4.69, 9.17) is 0 Å². The molecule has 2 aromatic carbocycles. The van der Waals surface area contributed by atoms with E-state index in [1.807, 2.05) is 74.5 Å². The normalized spacial score (nSPS) is 11.5. The smallest absolute Gasteiger partial charge is 0.407 e. The number of aromatic nitrogens is 3. The van der Waals surface area contributed by atoms with Crippen LogP contribution in [0.1, 0.15) is 30.9 Å². The van der Waals surface area contributed by atoms with Crippen LogP contribution in [0.25, 0.3) is 17.1 Å². The Balaban J connectivity index is 1.79. The summed E-state index contributed by atoms with van der Waals surface area (Å²) >= 11 is 0. The molecule has 10 nitrogen and oxygen atoms in total. The summed E-state index contributed by atoms with van der Waals surface area (Å²) in [7, 11) is 1.21. The molecule has 1 heterocycles. The molecule has 0 saturated heterocycles. The molecule has 10 heteroatoms. The fourth-order valence-electron chi connectivity index (χ4n) is 3.10. The SMILES string of the molecule is COC(=O)NC(CC(C)C)C(=O)NNC(=O)c1nc(-c2ccccc2)n(-c2ccccc2)n1. The fourth-order valence-corrected chi connectivity index (χ4v) is 3.10. The number of hydrazine groups is 1. The molecule has 3 aromatic rings. The molecule has 0 aliphatic rings. The largest absolute Gasteiger partial charge is 0.453 e. The molecular weight excluding hydrogens is 424 g/mol. The molecule has 0 bridgehead atoms. The summed E-state index contributed by atoms with van der Waals surface area (Å²) in [5.41, 5.74) is 6.15. The average Bonchev–Trinajstić information content (AvgIpc) is 3.28. The van der Waals surface area contributed by atoms with Gasteiger partial charge in [-0.3, -0.25) is 20.4 Å². The number of amides is 3. The van der Waals surface area contributed by atoms with E-state index in [9.17, 15) is 14.4 Å². The number of alkyl carbamates (subject to hydrolysis) is 1. The van der Waals surface area contributed by atoms with Crippen LogP contribution in [-0.4, -0.2) is 45.8 Å². The van der Waals surface area contributed by atoms with Crippen molar-refractivity contribution in [2.75, 3.05) is 7.11 Å². The number of carbonyl (C=O) groups excluding carboxylic acids is 3. The lowest BCUT2D eigenvalue weighted by molar-refractivity contribution is -0.124. The zero-order valence-electron chi connectivity index (χ0n) is 18.6. The zero-order chi connectivity index (χ0) is 23.8.